The van der Waals surface area contributed by atoms with Crippen molar-refractivity contribution in [3.05, 3.63) is 279 Å². The van der Waals surface area contributed by atoms with Crippen LogP contribution >= 0.6 is 79.6 Å². The summed E-state index contributed by atoms with van der Waals surface area (Å²) in [6, 6.07) is 63.7. The molecule has 0 spiro atoms. The zero-order valence-electron chi connectivity index (χ0n) is 73.7. The van der Waals surface area contributed by atoms with Gasteiger partial charge < -0.3 is 51.7 Å². The Labute approximate surface area is 793 Å². The summed E-state index contributed by atoms with van der Waals surface area (Å²) in [5.74, 6) is -5.03. The molecular weight excluding hydrogens is 1960 g/mol. The highest BCUT2D eigenvalue weighted by molar-refractivity contribution is 9.11. The van der Waals surface area contributed by atoms with Gasteiger partial charge in [0.2, 0.25) is 29.5 Å². The summed E-state index contributed by atoms with van der Waals surface area (Å²) >= 11 is 16.7. The van der Waals surface area contributed by atoms with Crippen LogP contribution in [0.5, 0.6) is 0 Å². The molecule has 8 aromatic rings. The van der Waals surface area contributed by atoms with Crippen molar-refractivity contribution in [2.24, 2.45) is 41.4 Å². The monoisotopic (exact) mass is 2080 g/mol. The summed E-state index contributed by atoms with van der Waals surface area (Å²) in [7, 11) is 0. The number of carboxylic acids is 1. The maximum absolute atomic E-state index is 13.8. The zero-order valence-corrected chi connectivity index (χ0v) is 81.6. The second-order valence-corrected chi connectivity index (χ2v) is 36.7. The predicted molar refractivity (Wildman–Crippen MR) is 513 cm³/mol. The fourth-order valence-electron chi connectivity index (χ4n) is 13.2. The first-order chi connectivity index (χ1) is 61.0. The molecule has 0 unspecified atom stereocenters. The second kappa shape index (κ2) is 62.0. The van der Waals surface area contributed by atoms with E-state index in [0.717, 1.165) is 69.7 Å². The minimum atomic E-state index is -0.971. The standard InChI is InChI=1S/C25H30BrNO4.C21H22BrNO4.C20H22BrNO3.C17H23BrFNO3.C17H24BrNO3/c1-25(2,3)31-23(29)13-14-27-24(30)20(15-18-7-5-4-6-8-18)17-22(28)16-19-9-11-21(26)12-10-19;22-18-8-6-16(7-9-18)13-19(24)14-17(12-15-4-2-1-3-5-15)21(27)23-11-10-20(25)26;21-18-8-6-16(7-9-18)13-19(24)14-17(20(25)22-10-11-23)12-15-4-2-1-3-5-15;1-3-11(2)15(17(23)20-6-7-21)10-14(22)8-12-4-5-13(18)9-16(12)19;1-3-12(2)16(17(22)19-8-9-20)11-15(21)10-13-4-6-14(18)7-5-13/h4-12,20H,13-17H2,1-3H3,(H,27,30);1-9,17H,10-14H2,(H,23,27)(H,25,26);1-9,17,23H,10-14H2,(H,22,25);4-5,9,11,15,21H,3,6-8,10H2,1-2H3,(H,20,23);4-7,12,16,20H,3,8-11H2,1-2H3,(H,19,22)/t20-;2*17-;11-,15-;12-,16-/m11100/s1. The number of amides is 5. The van der Waals surface area contributed by atoms with Gasteiger partial charge in [0.1, 0.15) is 40.3 Å². The average molecular weight is 2080 g/mol. The van der Waals surface area contributed by atoms with E-state index in [0.29, 0.717) is 42.1 Å². The number of benzene rings is 8. The summed E-state index contributed by atoms with van der Waals surface area (Å²) in [6.07, 6.45) is 4.87. The van der Waals surface area contributed by atoms with Gasteiger partial charge in [-0.3, -0.25) is 57.5 Å². The Morgan fingerprint density at radius 1 is 0.352 bits per heavy atom. The van der Waals surface area contributed by atoms with Crippen LogP contribution in [-0.2, 0) is 114 Å². The number of nitrogens with one attached hydrogen (secondary N) is 5. The maximum Gasteiger partial charge on any atom is 0.308 e. The first-order valence-electron chi connectivity index (χ1n) is 42.8. The number of esters is 1. The largest absolute Gasteiger partial charge is 0.481 e. The van der Waals surface area contributed by atoms with Gasteiger partial charge in [0.25, 0.3) is 0 Å². The molecule has 0 heterocycles. The molecule has 8 aromatic carbocycles. The molecule has 0 aliphatic carbocycles. The van der Waals surface area contributed by atoms with Crippen molar-refractivity contribution in [2.45, 2.75) is 163 Å². The van der Waals surface area contributed by atoms with Gasteiger partial charge in [-0.2, -0.15) is 0 Å². The lowest BCUT2D eigenvalue weighted by Gasteiger charge is -2.21. The SMILES string of the molecule is CC(C)(C)OC(=O)CCNC(=O)[C@@H](CC(=O)Cc1ccc(Br)cc1)Cc1ccccc1.CC[C@H](C)[C@H](CC(=O)Cc1ccc(Br)cc1)C(=O)NCCO.CC[C@H](C)[C@H](CC(=O)Cc1ccc(Br)cc1F)C(=O)NCCO.O=C(Cc1ccc(Br)cc1)C[C@@H](Cc1ccccc1)C(=O)NCCO.O=C(O)CCNC(=O)[C@@H](CC(=O)Cc1ccc(Br)cc1)Cc1ccccc1. The number of halogens is 6. The molecule has 0 saturated carbocycles. The normalized spacial score (nSPS) is 12.4. The highest BCUT2D eigenvalue weighted by Gasteiger charge is 2.31. The molecule has 22 nitrogen and oxygen atoms in total. The van der Waals surface area contributed by atoms with E-state index in [1.807, 2.05) is 216 Å². The highest BCUT2D eigenvalue weighted by Crippen LogP contribution is 2.27. The van der Waals surface area contributed by atoms with E-state index in [-0.39, 0.29) is 199 Å². The number of aliphatic hydroxyl groups is 3. The van der Waals surface area contributed by atoms with Gasteiger partial charge in [-0.15, -0.1) is 0 Å². The summed E-state index contributed by atoms with van der Waals surface area (Å²) in [5, 5.41) is 48.6. The van der Waals surface area contributed by atoms with E-state index in [1.54, 1.807) is 32.9 Å². The van der Waals surface area contributed by atoms with Crippen molar-refractivity contribution in [2.75, 3.05) is 52.5 Å². The van der Waals surface area contributed by atoms with Crippen molar-refractivity contribution in [3.63, 3.8) is 0 Å². The van der Waals surface area contributed by atoms with Crippen LogP contribution in [0.1, 0.15) is 151 Å². The molecule has 0 aliphatic rings. The molecule has 8 rings (SSSR count). The third kappa shape index (κ3) is 47.8. The van der Waals surface area contributed by atoms with Crippen LogP contribution in [0.2, 0.25) is 0 Å². The van der Waals surface area contributed by atoms with Gasteiger partial charge >= 0.3 is 11.9 Å². The maximum atomic E-state index is 13.8. The number of carboxylic acid groups (broad SMARTS) is 1. The fourth-order valence-corrected chi connectivity index (χ4v) is 14.6. The first kappa shape index (κ1) is 111. The fraction of sp³-hybridized carbons (Fsp3) is 0.400. The van der Waals surface area contributed by atoms with Crippen LogP contribution in [0.25, 0.3) is 0 Å². The Kier molecular flexibility index (Phi) is 53.7. The van der Waals surface area contributed by atoms with Crippen molar-refractivity contribution in [1.29, 1.82) is 0 Å². The third-order valence-electron chi connectivity index (χ3n) is 20.3. The van der Waals surface area contributed by atoms with E-state index in [4.69, 9.17) is 25.2 Å². The molecule has 7 atom stereocenters. The molecule has 690 valence electrons. The lowest BCUT2D eigenvalue weighted by molar-refractivity contribution is -0.155. The number of ether oxygens (including phenoxy) is 1. The van der Waals surface area contributed by atoms with Crippen LogP contribution in [0.15, 0.2) is 229 Å². The van der Waals surface area contributed by atoms with Gasteiger partial charge in [-0.05, 0) is 157 Å². The molecular formula is C100H121Br5FN5O17. The van der Waals surface area contributed by atoms with E-state index in [2.05, 4.69) is 106 Å². The Hall–Kier alpha value is -9.39. The summed E-state index contributed by atoms with van der Waals surface area (Å²) in [5.41, 5.74) is 6.44. The molecule has 28 heteroatoms. The minimum absolute atomic E-state index is 0.00514. The quantitative estimate of drug-likeness (QED) is 0.0160. The molecule has 0 saturated heterocycles. The number of aliphatic carboxylic acids is 1. The van der Waals surface area contributed by atoms with Crippen LogP contribution in [-0.4, -0.2) is 149 Å². The lowest BCUT2D eigenvalue weighted by atomic mass is 9.85. The Balaban J connectivity index is 0.000000337. The van der Waals surface area contributed by atoms with Crippen molar-refractivity contribution in [3.8, 4) is 0 Å². The summed E-state index contributed by atoms with van der Waals surface area (Å²) in [4.78, 5) is 147. The Morgan fingerprint density at radius 3 is 0.906 bits per heavy atom. The van der Waals surface area contributed by atoms with Crippen molar-refractivity contribution in [1.82, 2.24) is 26.6 Å². The molecule has 0 fully saturated rings. The van der Waals surface area contributed by atoms with Gasteiger partial charge in [-0.1, -0.05) is 266 Å². The number of carbonyl (C=O) groups is 12. The minimum Gasteiger partial charge on any atom is -0.481 e. The van der Waals surface area contributed by atoms with E-state index in [1.165, 1.54) is 6.07 Å². The number of carbonyl (C=O) groups excluding carboxylic acids is 11. The number of ketones is 5. The first-order valence-corrected chi connectivity index (χ1v) is 46.7. The predicted octanol–water partition coefficient (Wildman–Crippen LogP) is 16.6. The molecule has 9 N–H and O–H groups in total. The molecule has 0 bridgehead atoms. The summed E-state index contributed by atoms with van der Waals surface area (Å²) in [6.45, 7) is 13.8. The smallest absolute Gasteiger partial charge is 0.308 e. The Morgan fingerprint density at radius 2 is 0.625 bits per heavy atom. The number of Topliss-reactive ketones (excluding diaryl/α,β-unsaturated/α-hetero) is 5. The van der Waals surface area contributed by atoms with E-state index in [9.17, 15) is 61.9 Å². The van der Waals surface area contributed by atoms with E-state index < -0.39 is 41.1 Å². The van der Waals surface area contributed by atoms with Gasteiger partial charge in [0.15, 0.2) is 0 Å². The highest BCUT2D eigenvalue weighted by atomic mass is 79.9. The van der Waals surface area contributed by atoms with Gasteiger partial charge in [0.05, 0.1) is 32.7 Å². The summed E-state index contributed by atoms with van der Waals surface area (Å²) < 4.78 is 23.5. The van der Waals surface area contributed by atoms with Crippen molar-refractivity contribution >= 4 is 150 Å². The number of hydrogen-bond acceptors (Lipinski definition) is 16. The lowest BCUT2D eigenvalue weighted by Crippen LogP contribution is -2.37. The van der Waals surface area contributed by atoms with Gasteiger partial charge in [0, 0.05) is 149 Å². The molecule has 0 radical (unpaired) electrons. The topological polar surface area (TPSA) is 355 Å². The number of hydrogen-bond donors (Lipinski definition) is 9. The van der Waals surface area contributed by atoms with Crippen LogP contribution in [0.4, 0.5) is 4.39 Å². The van der Waals surface area contributed by atoms with Crippen LogP contribution in [0.3, 0.4) is 0 Å². The zero-order chi connectivity index (χ0) is 94.5. The number of rotatable bonds is 47. The van der Waals surface area contributed by atoms with E-state index >= 15 is 0 Å². The number of aliphatic hydroxyl groups excluding tert-OH is 3. The third-order valence-corrected chi connectivity index (χ3v) is 22.9. The molecule has 5 amide bonds. The Bertz CT molecular complexity index is 4740. The molecule has 0 aromatic heterocycles. The average Bonchev–Trinajstić information content (AvgIpc) is 0.858. The molecule has 128 heavy (non-hydrogen) atoms. The van der Waals surface area contributed by atoms with Crippen LogP contribution < -0.4 is 26.6 Å². The van der Waals surface area contributed by atoms with Crippen LogP contribution in [0, 0.1) is 47.2 Å². The second-order valence-electron chi connectivity index (χ2n) is 32.1. The molecule has 0 aliphatic heterocycles. The van der Waals surface area contributed by atoms with Crippen molar-refractivity contribution < 1.29 is 87.1 Å². The van der Waals surface area contributed by atoms with Gasteiger partial charge in [-0.25, -0.2) is 4.39 Å².